The van der Waals surface area contributed by atoms with Gasteiger partial charge in [0.15, 0.2) is 0 Å². The van der Waals surface area contributed by atoms with E-state index in [2.05, 4.69) is 24.8 Å². The summed E-state index contributed by atoms with van der Waals surface area (Å²) in [7, 11) is 0. The first-order chi connectivity index (χ1) is 4.91. The van der Waals surface area contributed by atoms with Gasteiger partial charge in [-0.1, -0.05) is 18.2 Å². The Morgan fingerprint density at radius 3 is 2.80 bits per heavy atom. The van der Waals surface area contributed by atoms with Crippen molar-refractivity contribution in [1.82, 2.24) is 0 Å². The van der Waals surface area contributed by atoms with Crippen molar-refractivity contribution < 1.29 is 0 Å². The molecular formula is C9H13N. The monoisotopic (exact) mass is 135 g/mol. The van der Waals surface area contributed by atoms with E-state index >= 15 is 0 Å². The van der Waals surface area contributed by atoms with E-state index < -0.39 is 0 Å². The lowest BCUT2D eigenvalue weighted by molar-refractivity contribution is 0.874. The zero-order valence-corrected chi connectivity index (χ0v) is 6.21. The van der Waals surface area contributed by atoms with Crippen LogP contribution in [0.5, 0.6) is 0 Å². The average Bonchev–Trinajstić information content (AvgIpc) is 1.97. The second-order valence-corrected chi connectivity index (χ2v) is 2.05. The van der Waals surface area contributed by atoms with Gasteiger partial charge in [0.1, 0.15) is 0 Å². The molecule has 0 aliphatic heterocycles. The minimum atomic E-state index is 0.665. The smallest absolute Gasteiger partial charge is 0.0621 e. The number of nitrogens with zero attached hydrogens (tertiary/aromatic N) is 1. The molecule has 0 atom stereocenters. The molecular weight excluding hydrogens is 122 g/mol. The molecule has 0 saturated carbocycles. The molecule has 0 aromatic carbocycles. The van der Waals surface area contributed by atoms with E-state index in [0.29, 0.717) is 6.42 Å². The van der Waals surface area contributed by atoms with Crippen molar-refractivity contribution in [3.05, 3.63) is 24.8 Å². The third-order valence-corrected chi connectivity index (χ3v) is 1.13. The highest BCUT2D eigenvalue weighted by atomic mass is 14.2. The van der Waals surface area contributed by atoms with Gasteiger partial charge >= 0.3 is 0 Å². The molecule has 0 spiro atoms. The van der Waals surface area contributed by atoms with Crippen molar-refractivity contribution in [3.63, 3.8) is 0 Å². The third kappa shape index (κ3) is 6.97. The van der Waals surface area contributed by atoms with Crippen LogP contribution in [-0.2, 0) is 0 Å². The fraction of sp³-hybridized carbons (Fsp3) is 0.444. The van der Waals surface area contributed by atoms with Gasteiger partial charge in [0.25, 0.3) is 0 Å². The molecule has 0 bridgehead atoms. The van der Waals surface area contributed by atoms with Gasteiger partial charge in [-0.3, -0.25) is 0 Å². The fourth-order valence-electron chi connectivity index (χ4n) is 0.609. The summed E-state index contributed by atoms with van der Waals surface area (Å²) >= 11 is 0. The van der Waals surface area contributed by atoms with Crippen molar-refractivity contribution in [1.29, 1.82) is 5.26 Å². The second kappa shape index (κ2) is 7.97. The number of nitriles is 1. The first-order valence-corrected chi connectivity index (χ1v) is 3.54. The largest absolute Gasteiger partial charge is 0.198 e. The zero-order chi connectivity index (χ0) is 7.66. The summed E-state index contributed by atoms with van der Waals surface area (Å²) in [5.41, 5.74) is 0. The Bertz CT molecular complexity index is 139. The van der Waals surface area contributed by atoms with Crippen LogP contribution in [0.2, 0.25) is 0 Å². The molecule has 0 radical (unpaired) electrons. The molecule has 0 amide bonds. The van der Waals surface area contributed by atoms with Crippen LogP contribution in [0.1, 0.15) is 25.7 Å². The van der Waals surface area contributed by atoms with E-state index in [0.717, 1.165) is 19.3 Å². The van der Waals surface area contributed by atoms with E-state index in [9.17, 15) is 0 Å². The Balaban J connectivity index is 3.03. The van der Waals surface area contributed by atoms with Crippen LogP contribution in [0.15, 0.2) is 24.8 Å². The van der Waals surface area contributed by atoms with E-state index in [1.807, 2.05) is 6.08 Å². The molecule has 0 rings (SSSR count). The van der Waals surface area contributed by atoms with Crippen LogP contribution in [-0.4, -0.2) is 0 Å². The molecule has 54 valence electrons. The van der Waals surface area contributed by atoms with Crippen molar-refractivity contribution in [3.8, 4) is 6.07 Å². The highest BCUT2D eigenvalue weighted by Gasteiger charge is 1.79. The Labute approximate surface area is 62.7 Å². The molecule has 1 nitrogen and oxygen atoms in total. The normalized spacial score (nSPS) is 9.50. The molecule has 0 aromatic heterocycles. The number of rotatable bonds is 5. The molecule has 1 heteroatoms. The van der Waals surface area contributed by atoms with Crippen LogP contribution in [0, 0.1) is 11.3 Å². The maximum atomic E-state index is 8.18. The average molecular weight is 135 g/mol. The highest BCUT2D eigenvalue weighted by molar-refractivity contribution is 4.88. The van der Waals surface area contributed by atoms with Gasteiger partial charge in [-0.15, -0.1) is 6.58 Å². The van der Waals surface area contributed by atoms with E-state index in [4.69, 9.17) is 5.26 Å². The summed E-state index contributed by atoms with van der Waals surface area (Å²) in [6.45, 7) is 3.59. The van der Waals surface area contributed by atoms with Crippen LogP contribution in [0.4, 0.5) is 0 Å². The Hall–Kier alpha value is -1.03. The molecule has 0 N–H and O–H groups in total. The minimum Gasteiger partial charge on any atom is -0.198 e. The minimum absolute atomic E-state index is 0.665. The third-order valence-electron chi connectivity index (χ3n) is 1.13. The standard InChI is InChI=1S/C9H13N/c1-2-3-4-5-6-7-8-9-10/h2,4-5H,1,3,6-8H2. The van der Waals surface area contributed by atoms with Crippen LogP contribution in [0.3, 0.4) is 0 Å². The maximum Gasteiger partial charge on any atom is 0.0621 e. The van der Waals surface area contributed by atoms with Crippen LogP contribution < -0.4 is 0 Å². The summed E-state index contributed by atoms with van der Waals surface area (Å²) in [4.78, 5) is 0. The summed E-state index contributed by atoms with van der Waals surface area (Å²) in [5, 5.41) is 8.18. The van der Waals surface area contributed by atoms with Gasteiger partial charge in [-0.25, -0.2) is 0 Å². The number of unbranched alkanes of at least 4 members (excludes halogenated alkanes) is 2. The molecule has 0 aromatic rings. The summed E-state index contributed by atoms with van der Waals surface area (Å²) in [5.74, 6) is 0. The van der Waals surface area contributed by atoms with Gasteiger partial charge in [0.05, 0.1) is 6.07 Å². The lowest BCUT2D eigenvalue weighted by atomic mass is 10.2. The van der Waals surface area contributed by atoms with Crippen LogP contribution >= 0.6 is 0 Å². The first kappa shape index (κ1) is 8.97. The molecule has 0 unspecified atom stereocenters. The second-order valence-electron chi connectivity index (χ2n) is 2.05. The van der Waals surface area contributed by atoms with Crippen molar-refractivity contribution in [2.75, 3.05) is 0 Å². The SMILES string of the molecule is C=CCC=CCCCC#N. The molecule has 0 aliphatic carbocycles. The fourth-order valence-corrected chi connectivity index (χ4v) is 0.609. The van der Waals surface area contributed by atoms with Gasteiger partial charge in [-0.05, 0) is 19.3 Å². The number of allylic oxidation sites excluding steroid dienone is 3. The molecule has 0 heterocycles. The van der Waals surface area contributed by atoms with Crippen molar-refractivity contribution >= 4 is 0 Å². The summed E-state index contributed by atoms with van der Waals surface area (Å²) in [6, 6.07) is 2.10. The lowest BCUT2D eigenvalue weighted by Crippen LogP contribution is -1.67. The predicted molar refractivity (Wildman–Crippen MR) is 43.4 cm³/mol. The Morgan fingerprint density at radius 1 is 1.40 bits per heavy atom. The highest BCUT2D eigenvalue weighted by Crippen LogP contribution is 1.95. The topological polar surface area (TPSA) is 23.8 Å². The molecule has 0 saturated heterocycles. The van der Waals surface area contributed by atoms with E-state index in [1.165, 1.54) is 0 Å². The van der Waals surface area contributed by atoms with Gasteiger partial charge in [0.2, 0.25) is 0 Å². The predicted octanol–water partition coefficient (Wildman–Crippen LogP) is 2.81. The number of hydrogen-bond acceptors (Lipinski definition) is 1. The Morgan fingerprint density at radius 2 is 2.20 bits per heavy atom. The quantitative estimate of drug-likeness (QED) is 0.420. The Kier molecular flexibility index (Phi) is 7.15. The van der Waals surface area contributed by atoms with Crippen LogP contribution in [0.25, 0.3) is 0 Å². The maximum absolute atomic E-state index is 8.18. The van der Waals surface area contributed by atoms with Crippen molar-refractivity contribution in [2.24, 2.45) is 0 Å². The van der Waals surface area contributed by atoms with E-state index in [1.54, 1.807) is 0 Å². The van der Waals surface area contributed by atoms with Gasteiger partial charge < -0.3 is 0 Å². The molecule has 0 fully saturated rings. The molecule has 10 heavy (non-hydrogen) atoms. The number of hydrogen-bond donors (Lipinski definition) is 0. The van der Waals surface area contributed by atoms with Gasteiger partial charge in [0, 0.05) is 6.42 Å². The molecule has 0 aliphatic rings. The summed E-state index contributed by atoms with van der Waals surface area (Å²) in [6.07, 6.45) is 9.63. The van der Waals surface area contributed by atoms with Crippen molar-refractivity contribution in [2.45, 2.75) is 25.7 Å². The summed E-state index contributed by atoms with van der Waals surface area (Å²) < 4.78 is 0. The first-order valence-electron chi connectivity index (χ1n) is 3.54. The zero-order valence-electron chi connectivity index (χ0n) is 6.21. The lowest BCUT2D eigenvalue weighted by Gasteiger charge is -1.84. The van der Waals surface area contributed by atoms with E-state index in [-0.39, 0.29) is 0 Å². The van der Waals surface area contributed by atoms with Gasteiger partial charge in [-0.2, -0.15) is 5.26 Å².